The predicted octanol–water partition coefficient (Wildman–Crippen LogP) is 2.82. The molecule has 0 aliphatic carbocycles. The molecule has 0 aliphatic rings. The Morgan fingerprint density at radius 3 is 3.00 bits per heavy atom. The monoisotopic (exact) mass is 302 g/mol. The van der Waals surface area contributed by atoms with E-state index in [-0.39, 0.29) is 0 Å². The molecule has 3 heterocycles. The van der Waals surface area contributed by atoms with E-state index in [0.29, 0.717) is 5.95 Å². The van der Waals surface area contributed by atoms with E-state index in [2.05, 4.69) is 38.6 Å². The van der Waals surface area contributed by atoms with Crippen LogP contribution in [0.25, 0.3) is 10.2 Å². The molecule has 0 bridgehead atoms. The Labute approximate surface area is 127 Å². The SMILES string of the molecule is CCCNc1nc(NCCn2ccnc2)c2ccsc2n1. The van der Waals surface area contributed by atoms with Crippen LogP contribution in [0.1, 0.15) is 13.3 Å². The summed E-state index contributed by atoms with van der Waals surface area (Å²) < 4.78 is 2.04. The van der Waals surface area contributed by atoms with E-state index in [1.165, 1.54) is 0 Å². The molecule has 2 N–H and O–H groups in total. The topological polar surface area (TPSA) is 67.7 Å². The molecule has 0 fully saturated rings. The van der Waals surface area contributed by atoms with Gasteiger partial charge in [-0.05, 0) is 17.9 Å². The third-order valence-electron chi connectivity index (χ3n) is 3.08. The van der Waals surface area contributed by atoms with Crippen LogP contribution in [0.5, 0.6) is 0 Å². The number of anilines is 2. The number of hydrogen-bond acceptors (Lipinski definition) is 6. The number of fused-ring (bicyclic) bond motifs is 1. The number of nitrogens with one attached hydrogen (secondary N) is 2. The summed E-state index contributed by atoms with van der Waals surface area (Å²) in [5.41, 5.74) is 0. The molecule has 0 amide bonds. The molecule has 0 saturated carbocycles. The zero-order valence-electron chi connectivity index (χ0n) is 11.9. The van der Waals surface area contributed by atoms with E-state index in [1.54, 1.807) is 17.5 Å². The summed E-state index contributed by atoms with van der Waals surface area (Å²) >= 11 is 1.63. The van der Waals surface area contributed by atoms with Gasteiger partial charge in [0.2, 0.25) is 5.95 Å². The lowest BCUT2D eigenvalue weighted by Crippen LogP contribution is -2.12. The third-order valence-corrected chi connectivity index (χ3v) is 3.89. The third kappa shape index (κ3) is 3.30. The van der Waals surface area contributed by atoms with Crippen molar-refractivity contribution in [3.8, 4) is 0 Å². The van der Waals surface area contributed by atoms with Gasteiger partial charge >= 0.3 is 0 Å². The lowest BCUT2D eigenvalue weighted by molar-refractivity contribution is 0.726. The molecule has 0 aliphatic heterocycles. The van der Waals surface area contributed by atoms with Crippen LogP contribution in [-0.2, 0) is 6.54 Å². The zero-order valence-corrected chi connectivity index (χ0v) is 12.7. The first-order valence-electron chi connectivity index (χ1n) is 7.05. The van der Waals surface area contributed by atoms with Crippen LogP contribution < -0.4 is 10.6 Å². The van der Waals surface area contributed by atoms with Crippen molar-refractivity contribution in [2.24, 2.45) is 0 Å². The van der Waals surface area contributed by atoms with E-state index in [0.717, 1.165) is 42.1 Å². The van der Waals surface area contributed by atoms with Crippen LogP contribution in [0, 0.1) is 0 Å². The van der Waals surface area contributed by atoms with Crippen LogP contribution in [0.15, 0.2) is 30.2 Å². The lowest BCUT2D eigenvalue weighted by atomic mass is 10.3. The maximum atomic E-state index is 4.58. The average molecular weight is 302 g/mol. The largest absolute Gasteiger partial charge is 0.368 e. The molecule has 0 spiro atoms. The van der Waals surface area contributed by atoms with Crippen LogP contribution >= 0.6 is 11.3 Å². The molecule has 0 saturated heterocycles. The predicted molar refractivity (Wildman–Crippen MR) is 86.9 cm³/mol. The Hall–Kier alpha value is -2.15. The Morgan fingerprint density at radius 2 is 2.19 bits per heavy atom. The Kier molecular flexibility index (Phi) is 4.30. The minimum absolute atomic E-state index is 0.692. The second kappa shape index (κ2) is 6.53. The molecule has 21 heavy (non-hydrogen) atoms. The van der Waals surface area contributed by atoms with Gasteiger partial charge in [0.1, 0.15) is 10.6 Å². The highest BCUT2D eigenvalue weighted by Crippen LogP contribution is 2.26. The molecule has 110 valence electrons. The van der Waals surface area contributed by atoms with Crippen molar-refractivity contribution in [2.75, 3.05) is 23.7 Å². The number of nitrogens with zero attached hydrogens (tertiary/aromatic N) is 4. The second-order valence-electron chi connectivity index (χ2n) is 4.69. The number of thiophene rings is 1. The number of rotatable bonds is 7. The first-order chi connectivity index (χ1) is 10.4. The molecule has 0 unspecified atom stereocenters. The summed E-state index contributed by atoms with van der Waals surface area (Å²) in [6, 6.07) is 2.06. The molecular formula is C14H18N6S. The van der Waals surface area contributed by atoms with Crippen LogP contribution in [0.4, 0.5) is 11.8 Å². The van der Waals surface area contributed by atoms with Crippen molar-refractivity contribution in [2.45, 2.75) is 19.9 Å². The number of aromatic nitrogens is 4. The van der Waals surface area contributed by atoms with Gasteiger partial charge in [0.05, 0.1) is 11.7 Å². The molecule has 3 aromatic rings. The van der Waals surface area contributed by atoms with Crippen molar-refractivity contribution in [1.82, 2.24) is 19.5 Å². The molecule has 7 heteroatoms. The van der Waals surface area contributed by atoms with E-state index in [9.17, 15) is 0 Å². The smallest absolute Gasteiger partial charge is 0.226 e. The van der Waals surface area contributed by atoms with Gasteiger partial charge in [-0.3, -0.25) is 0 Å². The number of imidazole rings is 1. The van der Waals surface area contributed by atoms with Gasteiger partial charge in [-0.1, -0.05) is 6.92 Å². The van der Waals surface area contributed by atoms with Crippen molar-refractivity contribution in [3.63, 3.8) is 0 Å². The fourth-order valence-electron chi connectivity index (χ4n) is 2.03. The number of hydrogen-bond donors (Lipinski definition) is 2. The maximum absolute atomic E-state index is 4.58. The molecule has 6 nitrogen and oxygen atoms in total. The first-order valence-corrected chi connectivity index (χ1v) is 7.93. The fourth-order valence-corrected chi connectivity index (χ4v) is 2.79. The summed E-state index contributed by atoms with van der Waals surface area (Å²) in [6.07, 6.45) is 6.61. The highest BCUT2D eigenvalue weighted by atomic mass is 32.1. The quantitative estimate of drug-likeness (QED) is 0.702. The van der Waals surface area contributed by atoms with E-state index >= 15 is 0 Å². The standard InChI is InChI=1S/C14H18N6S/c1-2-4-17-14-18-12(11-3-9-21-13(11)19-14)16-6-8-20-7-5-15-10-20/h3,5,7,9-10H,2,4,6,8H2,1H3,(H2,16,17,18,19). The van der Waals surface area contributed by atoms with E-state index < -0.39 is 0 Å². The van der Waals surface area contributed by atoms with E-state index in [4.69, 9.17) is 0 Å². The molecular weight excluding hydrogens is 284 g/mol. The normalized spacial score (nSPS) is 10.9. The fraction of sp³-hybridized carbons (Fsp3) is 0.357. The molecule has 0 aromatic carbocycles. The lowest BCUT2D eigenvalue weighted by Gasteiger charge is -2.10. The molecule has 3 aromatic heterocycles. The van der Waals surface area contributed by atoms with Crippen LogP contribution in [0.3, 0.4) is 0 Å². The molecule has 3 rings (SSSR count). The Balaban J connectivity index is 1.74. The zero-order chi connectivity index (χ0) is 14.5. The highest BCUT2D eigenvalue weighted by molar-refractivity contribution is 7.16. The summed E-state index contributed by atoms with van der Waals surface area (Å²) in [7, 11) is 0. The Bertz CT molecular complexity index is 691. The van der Waals surface area contributed by atoms with Crippen molar-refractivity contribution >= 4 is 33.3 Å². The van der Waals surface area contributed by atoms with Crippen molar-refractivity contribution < 1.29 is 0 Å². The van der Waals surface area contributed by atoms with Crippen LogP contribution in [0.2, 0.25) is 0 Å². The van der Waals surface area contributed by atoms with Gasteiger partial charge in [0, 0.05) is 32.0 Å². The van der Waals surface area contributed by atoms with Gasteiger partial charge in [0.25, 0.3) is 0 Å². The van der Waals surface area contributed by atoms with Gasteiger partial charge in [-0.2, -0.15) is 4.98 Å². The van der Waals surface area contributed by atoms with Crippen LogP contribution in [-0.4, -0.2) is 32.6 Å². The minimum atomic E-state index is 0.692. The van der Waals surface area contributed by atoms with Gasteiger partial charge < -0.3 is 15.2 Å². The average Bonchev–Trinajstić information content (AvgIpc) is 3.15. The van der Waals surface area contributed by atoms with E-state index in [1.807, 2.05) is 22.5 Å². The minimum Gasteiger partial charge on any atom is -0.368 e. The van der Waals surface area contributed by atoms with Crippen molar-refractivity contribution in [3.05, 3.63) is 30.2 Å². The summed E-state index contributed by atoms with van der Waals surface area (Å²) in [6.45, 7) is 4.66. The second-order valence-corrected chi connectivity index (χ2v) is 5.58. The van der Waals surface area contributed by atoms with Crippen molar-refractivity contribution in [1.29, 1.82) is 0 Å². The maximum Gasteiger partial charge on any atom is 0.226 e. The Morgan fingerprint density at radius 1 is 1.24 bits per heavy atom. The van der Waals surface area contributed by atoms with Gasteiger partial charge in [0.15, 0.2) is 0 Å². The van der Waals surface area contributed by atoms with Gasteiger partial charge in [-0.25, -0.2) is 9.97 Å². The highest BCUT2D eigenvalue weighted by Gasteiger charge is 2.08. The first kappa shape index (κ1) is 13.8. The summed E-state index contributed by atoms with van der Waals surface area (Å²) in [5, 5.41) is 9.77. The molecule has 0 atom stereocenters. The van der Waals surface area contributed by atoms with Gasteiger partial charge in [-0.15, -0.1) is 11.3 Å². The molecule has 0 radical (unpaired) electrons. The summed E-state index contributed by atoms with van der Waals surface area (Å²) in [5.74, 6) is 1.58. The summed E-state index contributed by atoms with van der Waals surface area (Å²) in [4.78, 5) is 14.2.